The van der Waals surface area contributed by atoms with Gasteiger partial charge < -0.3 is 5.11 Å². The summed E-state index contributed by atoms with van der Waals surface area (Å²) in [6.07, 6.45) is 8.84. The van der Waals surface area contributed by atoms with Crippen LogP contribution in [0.15, 0.2) is 36.4 Å². The highest BCUT2D eigenvalue weighted by molar-refractivity contribution is 5.68. The Labute approximate surface area is 164 Å². The molecule has 0 amide bonds. The summed E-state index contributed by atoms with van der Waals surface area (Å²) in [5.74, 6) is 1.59. The Hall–Kier alpha value is -1.78. The molecule has 5 heteroatoms. The van der Waals surface area contributed by atoms with Crippen LogP contribution in [0.5, 0.6) is 0 Å². The van der Waals surface area contributed by atoms with Crippen LogP contribution in [0.4, 0.5) is 13.2 Å². The molecule has 0 heterocycles. The normalized spacial score (nSPS) is 29.1. The monoisotopic (exact) mass is 394 g/mol. The lowest BCUT2D eigenvalue weighted by molar-refractivity contribution is -0.138. The molecular weight excluding hydrogens is 365 g/mol. The summed E-state index contributed by atoms with van der Waals surface area (Å²) in [5.41, 5.74) is 0.470. The number of carboxylic acids is 1. The molecule has 1 aromatic rings. The van der Waals surface area contributed by atoms with Gasteiger partial charge >= 0.3 is 12.1 Å². The molecule has 0 saturated heterocycles. The number of rotatable bonds is 5. The Morgan fingerprint density at radius 3 is 1.96 bits per heavy atom. The number of aliphatic carboxylic acids is 1. The first-order chi connectivity index (χ1) is 13.3. The van der Waals surface area contributed by atoms with E-state index < -0.39 is 17.7 Å². The van der Waals surface area contributed by atoms with Gasteiger partial charge in [-0.05, 0) is 92.7 Å². The van der Waals surface area contributed by atoms with E-state index in [1.807, 2.05) is 0 Å². The molecule has 2 nitrogen and oxygen atoms in total. The second-order valence-electron chi connectivity index (χ2n) is 8.43. The van der Waals surface area contributed by atoms with Crippen molar-refractivity contribution < 1.29 is 23.1 Å². The van der Waals surface area contributed by atoms with Crippen LogP contribution in [0.3, 0.4) is 0 Å². The van der Waals surface area contributed by atoms with Crippen molar-refractivity contribution in [1.82, 2.24) is 0 Å². The number of allylic oxidation sites excluding steroid dienone is 1. The molecule has 0 aliphatic heterocycles. The standard InChI is InChI=1S/C23H29F3O2/c24-23(25,26)21-14-12-20(13-15-21)19-10-8-18(9-11-19)17-6-4-16(5-7-17)2-1-3-22(27)28/h1-2,12-19H,3-11H2,(H,27,28). The van der Waals surface area contributed by atoms with Gasteiger partial charge in [0.25, 0.3) is 0 Å². The molecule has 2 fully saturated rings. The number of hydrogen-bond donors (Lipinski definition) is 1. The zero-order valence-corrected chi connectivity index (χ0v) is 16.1. The fraction of sp³-hybridized carbons (Fsp3) is 0.609. The summed E-state index contributed by atoms with van der Waals surface area (Å²) < 4.78 is 38.2. The lowest BCUT2D eigenvalue weighted by atomic mass is 9.68. The number of benzene rings is 1. The number of halogens is 3. The predicted molar refractivity (Wildman–Crippen MR) is 103 cm³/mol. The van der Waals surface area contributed by atoms with Crippen molar-refractivity contribution in [3.05, 3.63) is 47.5 Å². The van der Waals surface area contributed by atoms with Crippen molar-refractivity contribution in [2.45, 2.75) is 69.9 Å². The van der Waals surface area contributed by atoms with Crippen LogP contribution in [0.25, 0.3) is 0 Å². The molecule has 1 N–H and O–H groups in total. The fourth-order valence-corrected chi connectivity index (χ4v) is 5.04. The van der Waals surface area contributed by atoms with E-state index in [1.54, 1.807) is 18.2 Å². The summed E-state index contributed by atoms with van der Waals surface area (Å²) in [4.78, 5) is 10.6. The maximum absolute atomic E-state index is 12.7. The maximum atomic E-state index is 12.7. The predicted octanol–water partition coefficient (Wildman–Crippen LogP) is 6.82. The summed E-state index contributed by atoms with van der Waals surface area (Å²) in [6.45, 7) is 0. The van der Waals surface area contributed by atoms with E-state index in [1.165, 1.54) is 25.0 Å². The lowest BCUT2D eigenvalue weighted by Gasteiger charge is -2.37. The molecule has 2 saturated carbocycles. The second kappa shape index (κ2) is 9.15. The zero-order valence-electron chi connectivity index (χ0n) is 16.1. The van der Waals surface area contributed by atoms with Crippen LogP contribution in [0, 0.1) is 17.8 Å². The Kier molecular flexibility index (Phi) is 6.84. The largest absolute Gasteiger partial charge is 0.481 e. The number of alkyl halides is 3. The highest BCUT2D eigenvalue weighted by atomic mass is 19.4. The van der Waals surface area contributed by atoms with Crippen molar-refractivity contribution >= 4 is 5.97 Å². The highest BCUT2D eigenvalue weighted by Crippen LogP contribution is 2.44. The Bertz CT molecular complexity index is 662. The zero-order chi connectivity index (χ0) is 20.1. The summed E-state index contributed by atoms with van der Waals surface area (Å²) in [5, 5.41) is 8.71. The van der Waals surface area contributed by atoms with Gasteiger partial charge in [-0.1, -0.05) is 24.3 Å². The van der Waals surface area contributed by atoms with E-state index in [0.717, 1.165) is 55.9 Å². The number of carbonyl (C=O) groups is 1. The van der Waals surface area contributed by atoms with Gasteiger partial charge in [-0.2, -0.15) is 13.2 Å². The average Bonchev–Trinajstić information content (AvgIpc) is 2.68. The quantitative estimate of drug-likeness (QED) is 0.557. The third-order valence-electron chi connectivity index (χ3n) is 6.67. The van der Waals surface area contributed by atoms with Crippen LogP contribution in [-0.4, -0.2) is 11.1 Å². The second-order valence-corrected chi connectivity index (χ2v) is 8.43. The first-order valence-electron chi connectivity index (χ1n) is 10.4. The molecular formula is C23H29F3O2. The van der Waals surface area contributed by atoms with Crippen molar-refractivity contribution in [2.75, 3.05) is 0 Å². The van der Waals surface area contributed by atoms with Gasteiger partial charge in [-0.15, -0.1) is 0 Å². The van der Waals surface area contributed by atoms with Crippen LogP contribution >= 0.6 is 0 Å². The molecule has 0 aromatic heterocycles. The number of carboxylic acid groups (broad SMARTS) is 1. The van der Waals surface area contributed by atoms with E-state index in [4.69, 9.17) is 5.11 Å². The molecule has 1 aromatic carbocycles. The molecule has 0 unspecified atom stereocenters. The lowest BCUT2D eigenvalue weighted by Crippen LogP contribution is -2.25. The van der Waals surface area contributed by atoms with Gasteiger partial charge in [0.1, 0.15) is 0 Å². The van der Waals surface area contributed by atoms with E-state index in [0.29, 0.717) is 11.8 Å². The Morgan fingerprint density at radius 2 is 1.46 bits per heavy atom. The summed E-state index contributed by atoms with van der Waals surface area (Å²) in [6, 6.07) is 5.73. The molecule has 0 spiro atoms. The van der Waals surface area contributed by atoms with Crippen molar-refractivity contribution in [3.63, 3.8) is 0 Å². The van der Waals surface area contributed by atoms with Crippen molar-refractivity contribution in [1.29, 1.82) is 0 Å². The van der Waals surface area contributed by atoms with Crippen molar-refractivity contribution in [3.8, 4) is 0 Å². The summed E-state index contributed by atoms with van der Waals surface area (Å²) in [7, 11) is 0. The van der Waals surface area contributed by atoms with Gasteiger partial charge in [-0.25, -0.2) is 0 Å². The fourth-order valence-electron chi connectivity index (χ4n) is 5.04. The molecule has 0 atom stereocenters. The molecule has 28 heavy (non-hydrogen) atoms. The topological polar surface area (TPSA) is 37.3 Å². The third-order valence-corrected chi connectivity index (χ3v) is 6.67. The SMILES string of the molecule is O=C(O)CC=CC1CCC(C2CCC(c3ccc(C(F)(F)F)cc3)CC2)CC1. The third kappa shape index (κ3) is 5.62. The van der Waals surface area contributed by atoms with E-state index in [9.17, 15) is 18.0 Å². The Morgan fingerprint density at radius 1 is 0.929 bits per heavy atom. The van der Waals surface area contributed by atoms with Crippen LogP contribution in [0.1, 0.15) is 74.8 Å². The van der Waals surface area contributed by atoms with E-state index >= 15 is 0 Å². The first-order valence-corrected chi connectivity index (χ1v) is 10.4. The maximum Gasteiger partial charge on any atom is 0.416 e. The van der Waals surface area contributed by atoms with Crippen LogP contribution in [-0.2, 0) is 11.0 Å². The minimum Gasteiger partial charge on any atom is -0.481 e. The number of hydrogen-bond acceptors (Lipinski definition) is 1. The molecule has 2 aliphatic carbocycles. The van der Waals surface area contributed by atoms with E-state index in [2.05, 4.69) is 6.08 Å². The van der Waals surface area contributed by atoms with Crippen LogP contribution in [0.2, 0.25) is 0 Å². The Balaban J connectivity index is 1.44. The van der Waals surface area contributed by atoms with Gasteiger partial charge in [0.05, 0.1) is 12.0 Å². The van der Waals surface area contributed by atoms with E-state index in [-0.39, 0.29) is 6.42 Å². The molecule has 3 rings (SSSR count). The smallest absolute Gasteiger partial charge is 0.416 e. The van der Waals surface area contributed by atoms with Gasteiger partial charge in [0.2, 0.25) is 0 Å². The minimum absolute atomic E-state index is 0.105. The molecule has 2 aliphatic rings. The van der Waals surface area contributed by atoms with Crippen molar-refractivity contribution in [2.24, 2.45) is 17.8 Å². The molecule has 0 radical (unpaired) electrons. The average molecular weight is 394 g/mol. The highest BCUT2D eigenvalue weighted by Gasteiger charge is 2.32. The van der Waals surface area contributed by atoms with Gasteiger partial charge in [-0.3, -0.25) is 4.79 Å². The summed E-state index contributed by atoms with van der Waals surface area (Å²) >= 11 is 0. The van der Waals surface area contributed by atoms with Gasteiger partial charge in [0, 0.05) is 0 Å². The molecule has 0 bridgehead atoms. The minimum atomic E-state index is -4.27. The van der Waals surface area contributed by atoms with Gasteiger partial charge in [0.15, 0.2) is 0 Å². The molecule has 154 valence electrons. The van der Waals surface area contributed by atoms with Crippen LogP contribution < -0.4 is 0 Å². The first kappa shape index (κ1) is 20.9.